The number of fused-ring (bicyclic) bond motifs is 1. The van der Waals surface area contributed by atoms with Crippen LogP contribution in [0.25, 0.3) is 21.3 Å². The van der Waals surface area contributed by atoms with Crippen LogP contribution < -0.4 is 11.1 Å². The Hall–Kier alpha value is -2.67. The topological polar surface area (TPSA) is 90.1 Å². The summed E-state index contributed by atoms with van der Waals surface area (Å²) in [5.74, 6) is 0. The SMILES string of the molecule is Cc1ncc(-c2ccc3nc(N)sc3c2C)cc1NC(=O)OC(C)C. The van der Waals surface area contributed by atoms with Crippen LogP contribution in [0.4, 0.5) is 15.6 Å². The maximum atomic E-state index is 11.9. The lowest BCUT2D eigenvalue weighted by molar-refractivity contribution is 0.130. The van der Waals surface area contributed by atoms with Gasteiger partial charge < -0.3 is 10.5 Å². The van der Waals surface area contributed by atoms with E-state index >= 15 is 0 Å². The fourth-order valence-corrected chi connectivity index (χ4v) is 3.45. The van der Waals surface area contributed by atoms with Crippen LogP contribution in [0.15, 0.2) is 24.4 Å². The molecule has 0 atom stereocenters. The highest BCUT2D eigenvalue weighted by Crippen LogP contribution is 2.34. The maximum absolute atomic E-state index is 11.9. The van der Waals surface area contributed by atoms with E-state index in [1.807, 2.05) is 32.0 Å². The van der Waals surface area contributed by atoms with E-state index < -0.39 is 6.09 Å². The van der Waals surface area contributed by atoms with Crippen LogP contribution in [0, 0.1) is 13.8 Å². The first-order valence-electron chi connectivity index (χ1n) is 7.95. The average Bonchev–Trinajstić information content (AvgIpc) is 2.91. The van der Waals surface area contributed by atoms with E-state index in [1.54, 1.807) is 20.0 Å². The summed E-state index contributed by atoms with van der Waals surface area (Å²) in [6, 6.07) is 5.85. The number of thiazole rings is 1. The number of nitrogens with two attached hydrogens (primary N) is 1. The van der Waals surface area contributed by atoms with Crippen LogP contribution in [-0.2, 0) is 4.74 Å². The van der Waals surface area contributed by atoms with E-state index in [4.69, 9.17) is 10.5 Å². The summed E-state index contributed by atoms with van der Waals surface area (Å²) in [4.78, 5) is 20.6. The number of aryl methyl sites for hydroxylation is 2. The molecule has 7 heteroatoms. The molecule has 3 N–H and O–H groups in total. The molecule has 6 nitrogen and oxygen atoms in total. The standard InChI is InChI=1S/C18H20N4O2S/c1-9(2)24-18(23)22-15-7-12(8-20-11(15)4)13-5-6-14-16(10(13)3)25-17(19)21-14/h5-9H,1-4H3,(H2,19,21)(H,22,23). The van der Waals surface area contributed by atoms with Gasteiger partial charge in [0.25, 0.3) is 0 Å². The third kappa shape index (κ3) is 3.56. The Balaban J connectivity index is 1.99. The number of ether oxygens (including phenoxy) is 1. The minimum Gasteiger partial charge on any atom is -0.447 e. The van der Waals surface area contributed by atoms with Gasteiger partial charge in [-0.05, 0) is 51.0 Å². The molecule has 0 saturated heterocycles. The van der Waals surface area contributed by atoms with Gasteiger partial charge in [0.15, 0.2) is 5.13 Å². The highest BCUT2D eigenvalue weighted by Gasteiger charge is 2.13. The summed E-state index contributed by atoms with van der Waals surface area (Å²) < 4.78 is 6.20. The van der Waals surface area contributed by atoms with Crippen molar-refractivity contribution in [3.63, 3.8) is 0 Å². The smallest absolute Gasteiger partial charge is 0.411 e. The second kappa shape index (κ2) is 6.68. The Kier molecular flexibility index (Phi) is 4.59. The van der Waals surface area contributed by atoms with Gasteiger partial charge in [0, 0.05) is 11.8 Å². The molecule has 3 rings (SSSR count). The van der Waals surface area contributed by atoms with E-state index in [1.165, 1.54) is 11.3 Å². The van der Waals surface area contributed by atoms with Crippen molar-refractivity contribution in [2.45, 2.75) is 33.8 Å². The zero-order valence-electron chi connectivity index (χ0n) is 14.6. The van der Waals surface area contributed by atoms with Gasteiger partial charge >= 0.3 is 6.09 Å². The minimum absolute atomic E-state index is 0.183. The van der Waals surface area contributed by atoms with Crippen molar-refractivity contribution < 1.29 is 9.53 Å². The second-order valence-corrected chi connectivity index (χ2v) is 7.11. The van der Waals surface area contributed by atoms with Gasteiger partial charge in [-0.1, -0.05) is 17.4 Å². The lowest BCUT2D eigenvalue weighted by Gasteiger charge is -2.13. The van der Waals surface area contributed by atoms with Crippen molar-refractivity contribution in [2.75, 3.05) is 11.1 Å². The van der Waals surface area contributed by atoms with Crippen molar-refractivity contribution >= 4 is 38.5 Å². The number of anilines is 2. The van der Waals surface area contributed by atoms with E-state index in [9.17, 15) is 4.79 Å². The molecule has 25 heavy (non-hydrogen) atoms. The van der Waals surface area contributed by atoms with Crippen molar-refractivity contribution in [2.24, 2.45) is 0 Å². The Labute approximate surface area is 150 Å². The molecule has 0 aliphatic carbocycles. The number of aromatic nitrogens is 2. The fraction of sp³-hybridized carbons (Fsp3) is 0.278. The molecule has 0 aliphatic rings. The number of nitrogens with zero attached hydrogens (tertiary/aromatic N) is 2. The molecule has 0 unspecified atom stereocenters. The molecule has 130 valence electrons. The molecule has 0 fully saturated rings. The van der Waals surface area contributed by atoms with E-state index in [2.05, 4.69) is 15.3 Å². The van der Waals surface area contributed by atoms with E-state index in [-0.39, 0.29) is 6.10 Å². The quantitative estimate of drug-likeness (QED) is 0.720. The van der Waals surface area contributed by atoms with E-state index in [0.717, 1.165) is 32.6 Å². The van der Waals surface area contributed by atoms with Gasteiger partial charge in [-0.2, -0.15) is 0 Å². The second-order valence-electron chi connectivity index (χ2n) is 6.07. The molecule has 1 aromatic carbocycles. The first-order chi connectivity index (χ1) is 11.8. The molecule has 2 heterocycles. The predicted octanol–water partition coefficient (Wildman–Crippen LogP) is 4.51. The average molecular weight is 356 g/mol. The number of carbonyl (C=O) groups is 1. The molecule has 0 bridgehead atoms. The van der Waals surface area contributed by atoms with Crippen molar-refractivity contribution in [3.8, 4) is 11.1 Å². The molecule has 2 aromatic heterocycles. The molecular weight excluding hydrogens is 336 g/mol. The number of pyridine rings is 1. The molecule has 3 aromatic rings. The third-order valence-corrected chi connectivity index (χ3v) is 4.82. The summed E-state index contributed by atoms with van der Waals surface area (Å²) >= 11 is 1.47. The maximum Gasteiger partial charge on any atom is 0.411 e. The van der Waals surface area contributed by atoms with Gasteiger partial charge in [0.05, 0.1) is 27.7 Å². The van der Waals surface area contributed by atoms with Gasteiger partial charge in [-0.15, -0.1) is 0 Å². The summed E-state index contributed by atoms with van der Waals surface area (Å²) in [5, 5.41) is 3.31. The normalized spacial score (nSPS) is 11.1. The lowest BCUT2D eigenvalue weighted by Crippen LogP contribution is -2.18. The number of benzene rings is 1. The zero-order valence-corrected chi connectivity index (χ0v) is 15.4. The Morgan fingerprint density at radius 2 is 2.08 bits per heavy atom. The molecule has 0 aliphatic heterocycles. The van der Waals surface area contributed by atoms with Crippen LogP contribution >= 0.6 is 11.3 Å². The third-order valence-electron chi connectivity index (χ3n) is 3.80. The number of nitrogen functional groups attached to an aromatic ring is 1. The highest BCUT2D eigenvalue weighted by molar-refractivity contribution is 7.22. The van der Waals surface area contributed by atoms with Crippen LogP contribution in [0.1, 0.15) is 25.1 Å². The molecule has 0 spiro atoms. The molecule has 0 radical (unpaired) electrons. The summed E-state index contributed by atoms with van der Waals surface area (Å²) in [5.41, 5.74) is 11.1. The number of carbonyl (C=O) groups excluding carboxylic acids is 1. The molecule has 0 saturated carbocycles. The van der Waals surface area contributed by atoms with Gasteiger partial charge in [0.2, 0.25) is 0 Å². The lowest BCUT2D eigenvalue weighted by atomic mass is 10.0. The summed E-state index contributed by atoms with van der Waals surface area (Å²) in [6.45, 7) is 7.49. The van der Waals surface area contributed by atoms with E-state index in [0.29, 0.717) is 10.8 Å². The van der Waals surface area contributed by atoms with Gasteiger partial charge in [-0.25, -0.2) is 9.78 Å². The number of amides is 1. The Morgan fingerprint density at radius 1 is 1.32 bits per heavy atom. The van der Waals surface area contributed by atoms with Crippen LogP contribution in [-0.4, -0.2) is 22.2 Å². The monoisotopic (exact) mass is 356 g/mol. The van der Waals surface area contributed by atoms with Gasteiger partial charge in [0.1, 0.15) is 0 Å². The fourth-order valence-electron chi connectivity index (χ4n) is 2.61. The number of nitrogens with one attached hydrogen (secondary N) is 1. The largest absolute Gasteiger partial charge is 0.447 e. The van der Waals surface area contributed by atoms with Gasteiger partial charge in [-0.3, -0.25) is 10.3 Å². The predicted molar refractivity (Wildman–Crippen MR) is 102 cm³/mol. The van der Waals surface area contributed by atoms with Crippen LogP contribution in [0.2, 0.25) is 0 Å². The van der Waals surface area contributed by atoms with Crippen LogP contribution in [0.3, 0.4) is 0 Å². The summed E-state index contributed by atoms with van der Waals surface area (Å²) in [7, 11) is 0. The first-order valence-corrected chi connectivity index (χ1v) is 8.77. The number of hydrogen-bond acceptors (Lipinski definition) is 6. The highest BCUT2D eigenvalue weighted by atomic mass is 32.1. The van der Waals surface area contributed by atoms with Crippen LogP contribution in [0.5, 0.6) is 0 Å². The Bertz CT molecular complexity index is 950. The minimum atomic E-state index is -0.487. The van der Waals surface area contributed by atoms with Crippen molar-refractivity contribution in [3.05, 3.63) is 35.7 Å². The number of rotatable bonds is 3. The first kappa shape index (κ1) is 17.2. The molecule has 1 amide bonds. The Morgan fingerprint density at radius 3 is 2.80 bits per heavy atom. The summed E-state index contributed by atoms with van der Waals surface area (Å²) in [6.07, 6.45) is 1.13. The van der Waals surface area contributed by atoms with Crippen molar-refractivity contribution in [1.29, 1.82) is 0 Å². The molecular formula is C18H20N4O2S. The van der Waals surface area contributed by atoms with Crippen molar-refractivity contribution in [1.82, 2.24) is 9.97 Å². The number of hydrogen-bond donors (Lipinski definition) is 2. The zero-order chi connectivity index (χ0) is 18.1.